The Bertz CT molecular complexity index is 1160. The Morgan fingerprint density at radius 1 is 0.944 bits per heavy atom. The summed E-state index contributed by atoms with van der Waals surface area (Å²) in [5, 5.41) is 3.45. The number of pyridine rings is 1. The first-order valence-corrected chi connectivity index (χ1v) is 11.6. The van der Waals surface area contributed by atoms with Gasteiger partial charge in [-0.15, -0.1) is 0 Å². The van der Waals surface area contributed by atoms with Gasteiger partial charge in [-0.25, -0.2) is 4.79 Å². The predicted octanol–water partition coefficient (Wildman–Crippen LogP) is 6.56. The van der Waals surface area contributed by atoms with Crippen molar-refractivity contribution in [1.82, 2.24) is 10.5 Å². The molecule has 0 fully saturated rings. The van der Waals surface area contributed by atoms with Crippen molar-refractivity contribution >= 4 is 17.6 Å². The van der Waals surface area contributed by atoms with Gasteiger partial charge in [0.25, 0.3) is 5.91 Å². The number of carbonyl (C=O) groups excluding carboxylic acids is 2. The summed E-state index contributed by atoms with van der Waals surface area (Å²) >= 11 is 0. The lowest BCUT2D eigenvalue weighted by Gasteiger charge is -2.22. The summed E-state index contributed by atoms with van der Waals surface area (Å²) in [6.07, 6.45) is -2.03. The average molecular weight is 500 g/mol. The number of rotatable bonds is 8. The monoisotopic (exact) mass is 499 g/mol. The maximum absolute atomic E-state index is 12.8. The summed E-state index contributed by atoms with van der Waals surface area (Å²) in [6, 6.07) is 15.7. The van der Waals surface area contributed by atoms with Crippen molar-refractivity contribution in [2.45, 2.75) is 45.8 Å². The van der Waals surface area contributed by atoms with Crippen LogP contribution in [0.25, 0.3) is 11.1 Å². The number of amides is 1. The van der Waals surface area contributed by atoms with Gasteiger partial charge in [-0.1, -0.05) is 45.0 Å². The summed E-state index contributed by atoms with van der Waals surface area (Å²) in [6.45, 7) is 5.80. The van der Waals surface area contributed by atoms with E-state index in [-0.39, 0.29) is 18.0 Å². The van der Waals surface area contributed by atoms with E-state index in [0.717, 1.165) is 35.5 Å². The van der Waals surface area contributed by atoms with E-state index in [4.69, 9.17) is 0 Å². The van der Waals surface area contributed by atoms with Gasteiger partial charge in [0, 0.05) is 18.3 Å². The van der Waals surface area contributed by atoms with Crippen molar-refractivity contribution in [3.63, 3.8) is 0 Å². The Labute approximate surface area is 207 Å². The molecule has 3 rings (SSSR count). The van der Waals surface area contributed by atoms with Crippen molar-refractivity contribution in [2.75, 3.05) is 5.32 Å². The van der Waals surface area contributed by atoms with Crippen LogP contribution in [0.3, 0.4) is 0 Å². The number of hydrogen-bond acceptors (Lipinski definition) is 5. The Hall–Kier alpha value is -3.88. The number of hydroxylamine groups is 1. The summed E-state index contributed by atoms with van der Waals surface area (Å²) < 4.78 is 38.4. The van der Waals surface area contributed by atoms with Crippen LogP contribution in [0.2, 0.25) is 0 Å². The van der Waals surface area contributed by atoms with E-state index in [1.807, 2.05) is 24.3 Å². The highest BCUT2D eigenvalue weighted by Gasteiger charge is 2.30. The quantitative estimate of drug-likeness (QED) is 0.343. The molecule has 0 saturated carbocycles. The van der Waals surface area contributed by atoms with Crippen LogP contribution < -0.4 is 10.8 Å². The standard InChI is InChI=1S/C27H28F3N3O3/c1-4-25(34)36-33-26(35)20-9-14-23(31-16-20)24(15-17(2)3)32-22-12-7-19(8-13-22)18-5-10-21(11-6-18)27(28,29)30/h5-14,16-17,24,32H,4,15H2,1-3H3,(H,33,35). The van der Waals surface area contributed by atoms with Gasteiger partial charge in [0.05, 0.1) is 22.9 Å². The molecule has 0 saturated heterocycles. The minimum atomic E-state index is -4.37. The van der Waals surface area contributed by atoms with Crippen molar-refractivity contribution in [3.8, 4) is 11.1 Å². The minimum Gasteiger partial charge on any atom is -0.377 e. The molecule has 9 heteroatoms. The molecule has 0 aliphatic carbocycles. The van der Waals surface area contributed by atoms with E-state index >= 15 is 0 Å². The number of alkyl halides is 3. The zero-order chi connectivity index (χ0) is 26.3. The van der Waals surface area contributed by atoms with Crippen LogP contribution >= 0.6 is 0 Å². The minimum absolute atomic E-state index is 0.142. The Balaban J connectivity index is 1.71. The van der Waals surface area contributed by atoms with Gasteiger partial charge in [-0.2, -0.15) is 18.7 Å². The third-order valence-corrected chi connectivity index (χ3v) is 5.43. The maximum atomic E-state index is 12.8. The van der Waals surface area contributed by atoms with Crippen molar-refractivity contribution in [2.24, 2.45) is 5.92 Å². The maximum Gasteiger partial charge on any atom is 0.416 e. The van der Waals surface area contributed by atoms with Crippen LogP contribution in [0.1, 0.15) is 61.3 Å². The molecule has 190 valence electrons. The second kappa shape index (κ2) is 11.7. The third kappa shape index (κ3) is 7.31. The number of nitrogens with zero attached hydrogens (tertiary/aromatic N) is 1. The smallest absolute Gasteiger partial charge is 0.377 e. The molecule has 1 atom stereocenters. The van der Waals surface area contributed by atoms with Crippen LogP contribution in [0.4, 0.5) is 18.9 Å². The Kier molecular flexibility index (Phi) is 8.68. The molecule has 0 aliphatic rings. The molecule has 1 unspecified atom stereocenters. The molecule has 1 amide bonds. The highest BCUT2D eigenvalue weighted by Crippen LogP contribution is 2.32. The van der Waals surface area contributed by atoms with Crippen LogP contribution in [0.5, 0.6) is 0 Å². The van der Waals surface area contributed by atoms with Crippen LogP contribution in [0, 0.1) is 5.92 Å². The molecule has 0 spiro atoms. The summed E-state index contributed by atoms with van der Waals surface area (Å²) in [5.41, 5.74) is 4.72. The molecule has 1 heterocycles. The average Bonchev–Trinajstić information content (AvgIpc) is 2.86. The van der Waals surface area contributed by atoms with Crippen LogP contribution in [0.15, 0.2) is 66.9 Å². The number of benzene rings is 2. The van der Waals surface area contributed by atoms with Gasteiger partial charge >= 0.3 is 12.1 Å². The lowest BCUT2D eigenvalue weighted by atomic mass is 9.99. The van der Waals surface area contributed by atoms with E-state index < -0.39 is 23.6 Å². The Morgan fingerprint density at radius 3 is 2.06 bits per heavy atom. The number of aromatic nitrogens is 1. The van der Waals surface area contributed by atoms with E-state index in [1.165, 1.54) is 18.3 Å². The molecule has 0 bridgehead atoms. The van der Waals surface area contributed by atoms with Gasteiger partial charge < -0.3 is 10.2 Å². The van der Waals surface area contributed by atoms with Gasteiger partial charge in [-0.05, 0) is 59.9 Å². The molecule has 1 aromatic heterocycles. The SMILES string of the molecule is CCC(=O)ONC(=O)c1ccc(C(CC(C)C)Nc2ccc(-c3ccc(C(F)(F)F)cc3)cc2)nc1. The number of carbonyl (C=O) groups is 2. The molecule has 0 radical (unpaired) electrons. The summed E-state index contributed by atoms with van der Waals surface area (Å²) in [7, 11) is 0. The van der Waals surface area contributed by atoms with Gasteiger partial charge in [-0.3, -0.25) is 9.78 Å². The van der Waals surface area contributed by atoms with Crippen LogP contribution in [-0.2, 0) is 15.8 Å². The zero-order valence-electron chi connectivity index (χ0n) is 20.2. The molecular formula is C27H28F3N3O3. The van der Waals surface area contributed by atoms with E-state index in [2.05, 4.69) is 34.5 Å². The molecule has 3 aromatic rings. The third-order valence-electron chi connectivity index (χ3n) is 5.43. The Morgan fingerprint density at radius 2 is 1.56 bits per heavy atom. The molecule has 0 aliphatic heterocycles. The van der Waals surface area contributed by atoms with Gasteiger partial charge in [0.15, 0.2) is 0 Å². The first-order valence-electron chi connectivity index (χ1n) is 11.6. The van der Waals surface area contributed by atoms with Crippen LogP contribution in [-0.4, -0.2) is 16.9 Å². The molecule has 2 N–H and O–H groups in total. The fourth-order valence-corrected chi connectivity index (χ4v) is 3.52. The largest absolute Gasteiger partial charge is 0.416 e. The fraction of sp³-hybridized carbons (Fsp3) is 0.296. The number of anilines is 1. The highest BCUT2D eigenvalue weighted by atomic mass is 19.4. The lowest BCUT2D eigenvalue weighted by molar-refractivity contribution is -0.148. The zero-order valence-corrected chi connectivity index (χ0v) is 20.2. The molecule has 36 heavy (non-hydrogen) atoms. The topological polar surface area (TPSA) is 80.3 Å². The second-order valence-electron chi connectivity index (χ2n) is 8.71. The predicted molar refractivity (Wildman–Crippen MR) is 131 cm³/mol. The van der Waals surface area contributed by atoms with Crippen molar-refractivity contribution in [1.29, 1.82) is 0 Å². The van der Waals surface area contributed by atoms with E-state index in [1.54, 1.807) is 19.1 Å². The van der Waals surface area contributed by atoms with E-state index in [0.29, 0.717) is 11.5 Å². The first kappa shape index (κ1) is 26.7. The number of halogens is 3. The van der Waals surface area contributed by atoms with Gasteiger partial charge in [0.2, 0.25) is 0 Å². The normalized spacial score (nSPS) is 12.2. The summed E-state index contributed by atoms with van der Waals surface area (Å²) in [5.74, 6) is -0.756. The fourth-order valence-electron chi connectivity index (χ4n) is 3.52. The molecular weight excluding hydrogens is 471 g/mol. The molecule has 6 nitrogen and oxygen atoms in total. The van der Waals surface area contributed by atoms with Gasteiger partial charge in [0.1, 0.15) is 0 Å². The molecule has 2 aromatic carbocycles. The highest BCUT2D eigenvalue weighted by molar-refractivity contribution is 5.93. The first-order chi connectivity index (χ1) is 17.1. The van der Waals surface area contributed by atoms with Crippen molar-refractivity contribution < 1.29 is 27.6 Å². The lowest BCUT2D eigenvalue weighted by Crippen LogP contribution is -2.27. The van der Waals surface area contributed by atoms with Crippen molar-refractivity contribution in [3.05, 3.63) is 83.7 Å². The number of hydrogen-bond donors (Lipinski definition) is 2. The number of nitrogens with one attached hydrogen (secondary N) is 2. The van der Waals surface area contributed by atoms with E-state index in [9.17, 15) is 22.8 Å². The summed E-state index contributed by atoms with van der Waals surface area (Å²) in [4.78, 5) is 32.4. The second-order valence-corrected chi connectivity index (χ2v) is 8.71.